The molecule has 0 fully saturated rings. The Morgan fingerprint density at radius 3 is 2.20 bits per heavy atom. The molecule has 0 aromatic heterocycles. The van der Waals surface area contributed by atoms with Crippen molar-refractivity contribution < 1.29 is 9.22 Å². The van der Waals surface area contributed by atoms with Gasteiger partial charge in [0.15, 0.2) is 0 Å². The molecule has 0 spiro atoms. The van der Waals surface area contributed by atoms with Crippen molar-refractivity contribution in [3.8, 4) is 0 Å². The highest BCUT2D eigenvalue weighted by Gasteiger charge is 1.66. The van der Waals surface area contributed by atoms with E-state index in [0.29, 0.717) is 6.54 Å². The molecule has 3 nitrogen and oxygen atoms in total. The van der Waals surface area contributed by atoms with Crippen LogP contribution in [-0.2, 0) is 9.22 Å². The first-order chi connectivity index (χ1) is 4.83. The molecule has 10 heavy (non-hydrogen) atoms. The van der Waals surface area contributed by atoms with Gasteiger partial charge >= 0.3 is 0 Å². The fraction of sp³-hybridized carbons (Fsp3) is 0.833. The summed E-state index contributed by atoms with van der Waals surface area (Å²) in [5, 5.41) is 0. The van der Waals surface area contributed by atoms with Gasteiger partial charge in [0.1, 0.15) is 10.5 Å². The topological polar surface area (TPSA) is 38.7 Å². The SMILES string of the molecule is CCCN=C=O.CCO[SiH3]. The third kappa shape index (κ3) is 25.7. The van der Waals surface area contributed by atoms with E-state index in [9.17, 15) is 4.79 Å². The lowest BCUT2D eigenvalue weighted by molar-refractivity contribution is 0.375. The Bertz CT molecular complexity index is 89.7. The second kappa shape index (κ2) is 15.8. The Morgan fingerprint density at radius 1 is 1.60 bits per heavy atom. The summed E-state index contributed by atoms with van der Waals surface area (Å²) in [4.78, 5) is 12.6. The maximum atomic E-state index is 9.27. The van der Waals surface area contributed by atoms with Crippen LogP contribution in [0.25, 0.3) is 0 Å². The number of carbonyl (C=O) groups excluding carboxylic acids is 1. The molecule has 4 heteroatoms. The Balaban J connectivity index is 0. The van der Waals surface area contributed by atoms with Crippen molar-refractivity contribution in [3.63, 3.8) is 0 Å². The Hall–Kier alpha value is -0.443. The normalized spacial score (nSPS) is 7.40. The van der Waals surface area contributed by atoms with Crippen LogP contribution in [0.15, 0.2) is 4.99 Å². The molecule has 0 N–H and O–H groups in total. The smallest absolute Gasteiger partial charge is 0.234 e. The first-order valence-corrected chi connectivity index (χ1v) is 4.17. The molecule has 0 heterocycles. The molecule has 0 bridgehead atoms. The molecule has 0 unspecified atom stereocenters. The lowest BCUT2D eigenvalue weighted by atomic mass is 10.5. The summed E-state index contributed by atoms with van der Waals surface area (Å²) >= 11 is 0. The van der Waals surface area contributed by atoms with E-state index in [1.54, 1.807) is 0 Å². The van der Waals surface area contributed by atoms with Crippen LogP contribution in [0.2, 0.25) is 0 Å². The lowest BCUT2D eigenvalue weighted by Crippen LogP contribution is -1.76. The summed E-state index contributed by atoms with van der Waals surface area (Å²) in [5.74, 6) is 0. The molecule has 0 aromatic rings. The number of nitrogens with zero attached hydrogens (tertiary/aromatic N) is 1. The zero-order valence-corrected chi connectivity index (χ0v) is 8.89. The second-order valence-corrected chi connectivity index (χ2v) is 2.13. The van der Waals surface area contributed by atoms with Crippen LogP contribution in [0.1, 0.15) is 20.3 Å². The molecule has 0 aliphatic heterocycles. The minimum absolute atomic E-state index is 0.615. The molecule has 0 amide bonds. The maximum Gasteiger partial charge on any atom is 0.234 e. The third-order valence-electron chi connectivity index (χ3n) is 0.689. The van der Waals surface area contributed by atoms with E-state index in [-0.39, 0.29) is 0 Å². The van der Waals surface area contributed by atoms with Crippen molar-refractivity contribution >= 4 is 16.6 Å². The van der Waals surface area contributed by atoms with Gasteiger partial charge in [-0.15, -0.1) is 0 Å². The molecular formula is C6H15NO2Si. The minimum Gasteiger partial charge on any atom is -0.428 e. The zero-order valence-electron chi connectivity index (χ0n) is 6.89. The molecule has 0 aliphatic carbocycles. The monoisotopic (exact) mass is 161 g/mol. The van der Waals surface area contributed by atoms with Crippen LogP contribution < -0.4 is 0 Å². The summed E-state index contributed by atoms with van der Waals surface area (Å²) < 4.78 is 4.68. The van der Waals surface area contributed by atoms with E-state index in [4.69, 9.17) is 0 Å². The van der Waals surface area contributed by atoms with E-state index < -0.39 is 0 Å². The minimum atomic E-state index is 0.615. The number of hydrogen-bond acceptors (Lipinski definition) is 3. The standard InChI is InChI=1S/C4H7NO.C2H8OSi/c1-2-3-5-4-6;1-2-3-4/h2-3H2,1H3;2H2,1,4H3. The second-order valence-electron chi connectivity index (χ2n) is 1.55. The van der Waals surface area contributed by atoms with Gasteiger partial charge in [-0.05, 0) is 13.3 Å². The molecule has 0 saturated heterocycles. The van der Waals surface area contributed by atoms with Crippen molar-refractivity contribution in [2.24, 2.45) is 4.99 Å². The summed E-state index contributed by atoms with van der Waals surface area (Å²) in [5.41, 5.74) is 0. The van der Waals surface area contributed by atoms with Crippen molar-refractivity contribution in [1.82, 2.24) is 0 Å². The molecule has 0 aromatic carbocycles. The third-order valence-corrected chi connectivity index (χ3v) is 1.27. The van der Waals surface area contributed by atoms with E-state index in [2.05, 4.69) is 9.42 Å². The highest BCUT2D eigenvalue weighted by Crippen LogP contribution is 1.70. The van der Waals surface area contributed by atoms with Gasteiger partial charge in [-0.2, -0.15) is 0 Å². The number of aliphatic imine (C=N–C) groups is 1. The van der Waals surface area contributed by atoms with Crippen LogP contribution in [0.4, 0.5) is 0 Å². The first kappa shape index (κ1) is 12.3. The van der Waals surface area contributed by atoms with Gasteiger partial charge in [0.2, 0.25) is 6.08 Å². The van der Waals surface area contributed by atoms with Gasteiger partial charge < -0.3 is 4.43 Å². The number of hydrogen-bond donors (Lipinski definition) is 0. The van der Waals surface area contributed by atoms with E-state index in [1.807, 2.05) is 13.8 Å². The Kier molecular flexibility index (Phi) is 19.4. The summed E-state index contributed by atoms with van der Waals surface area (Å²) in [7, 11) is 0.890. The number of isocyanates is 1. The van der Waals surface area contributed by atoms with Gasteiger partial charge in [0, 0.05) is 6.61 Å². The molecule has 0 atom stereocenters. The molecule has 0 saturated carbocycles. The van der Waals surface area contributed by atoms with Gasteiger partial charge in [-0.25, -0.2) is 9.79 Å². The summed E-state index contributed by atoms with van der Waals surface area (Å²) in [6.45, 7) is 5.45. The summed E-state index contributed by atoms with van der Waals surface area (Å²) in [6.07, 6.45) is 2.37. The predicted molar refractivity (Wildman–Crippen MR) is 44.8 cm³/mol. The fourth-order valence-electron chi connectivity index (χ4n) is 0.157. The van der Waals surface area contributed by atoms with Crippen LogP contribution in [0.5, 0.6) is 0 Å². The molecule has 60 valence electrons. The van der Waals surface area contributed by atoms with Gasteiger partial charge in [0.25, 0.3) is 0 Å². The van der Waals surface area contributed by atoms with Crippen LogP contribution in [0, 0.1) is 0 Å². The quantitative estimate of drug-likeness (QED) is 0.333. The van der Waals surface area contributed by atoms with Crippen LogP contribution in [-0.4, -0.2) is 29.7 Å². The van der Waals surface area contributed by atoms with Gasteiger partial charge in [-0.3, -0.25) is 0 Å². The highest BCUT2D eigenvalue weighted by molar-refractivity contribution is 5.97. The first-order valence-electron chi connectivity index (χ1n) is 3.36. The largest absolute Gasteiger partial charge is 0.428 e. The van der Waals surface area contributed by atoms with Gasteiger partial charge in [-0.1, -0.05) is 6.92 Å². The molecule has 0 rings (SSSR count). The average Bonchev–Trinajstić information content (AvgIpc) is 2.01. The summed E-state index contributed by atoms with van der Waals surface area (Å²) in [6, 6.07) is 0. The lowest BCUT2D eigenvalue weighted by Gasteiger charge is -1.77. The highest BCUT2D eigenvalue weighted by atomic mass is 28.2. The van der Waals surface area contributed by atoms with E-state index >= 15 is 0 Å². The van der Waals surface area contributed by atoms with E-state index in [1.165, 1.54) is 6.08 Å². The molecule has 0 aliphatic rings. The zero-order chi connectivity index (χ0) is 8.24. The van der Waals surface area contributed by atoms with Crippen LogP contribution >= 0.6 is 0 Å². The predicted octanol–water partition coefficient (Wildman–Crippen LogP) is 0.0355. The van der Waals surface area contributed by atoms with Gasteiger partial charge in [0.05, 0.1) is 6.54 Å². The molecule has 0 radical (unpaired) electrons. The van der Waals surface area contributed by atoms with E-state index in [0.717, 1.165) is 23.5 Å². The van der Waals surface area contributed by atoms with Crippen molar-refractivity contribution in [2.75, 3.05) is 13.2 Å². The van der Waals surface area contributed by atoms with Crippen molar-refractivity contribution in [2.45, 2.75) is 20.3 Å². The fourth-order valence-corrected chi connectivity index (χ4v) is 0.157. The molecular weight excluding hydrogens is 146 g/mol. The van der Waals surface area contributed by atoms with Crippen molar-refractivity contribution in [3.05, 3.63) is 0 Å². The Labute approximate surface area is 65.0 Å². The van der Waals surface area contributed by atoms with Crippen molar-refractivity contribution in [1.29, 1.82) is 0 Å². The van der Waals surface area contributed by atoms with Crippen LogP contribution in [0.3, 0.4) is 0 Å². The average molecular weight is 161 g/mol. The maximum absolute atomic E-state index is 9.27. The Morgan fingerprint density at radius 2 is 2.10 bits per heavy atom. The number of rotatable bonds is 3.